The Morgan fingerprint density at radius 1 is 1.35 bits per heavy atom. The van der Waals surface area contributed by atoms with E-state index in [0.717, 1.165) is 16.5 Å². The first kappa shape index (κ1) is 17.3. The van der Waals surface area contributed by atoms with E-state index in [0.29, 0.717) is 12.3 Å². The van der Waals surface area contributed by atoms with Gasteiger partial charge in [0, 0.05) is 16.9 Å². The van der Waals surface area contributed by atoms with Crippen LogP contribution in [0.25, 0.3) is 0 Å². The highest BCUT2D eigenvalue weighted by molar-refractivity contribution is 9.10. The largest absolute Gasteiger partial charge is 0.497 e. The van der Waals surface area contributed by atoms with Crippen molar-refractivity contribution in [1.29, 1.82) is 0 Å². The Balaban J connectivity index is 2.91. The van der Waals surface area contributed by atoms with E-state index in [1.165, 1.54) is 7.11 Å². The van der Waals surface area contributed by atoms with Crippen molar-refractivity contribution in [2.45, 2.75) is 38.4 Å². The monoisotopic (exact) mass is 353 g/mol. The second-order valence-corrected chi connectivity index (χ2v) is 5.40. The van der Waals surface area contributed by atoms with Gasteiger partial charge in [-0.3, -0.25) is 0 Å². The second kappa shape index (κ2) is 7.88. The van der Waals surface area contributed by atoms with E-state index in [9.17, 15) is 13.2 Å². The first-order valence-electron chi connectivity index (χ1n) is 6.51. The van der Waals surface area contributed by atoms with Gasteiger partial charge >= 0.3 is 6.18 Å². The Morgan fingerprint density at radius 2 is 2.05 bits per heavy atom. The van der Waals surface area contributed by atoms with Crippen LogP contribution in [0.15, 0.2) is 22.7 Å². The molecular formula is C14H19BrF3NO. The molecule has 6 heteroatoms. The molecule has 1 N–H and O–H groups in total. The number of alkyl halides is 3. The fourth-order valence-corrected chi connectivity index (χ4v) is 2.43. The fourth-order valence-electron chi connectivity index (χ4n) is 1.91. The van der Waals surface area contributed by atoms with E-state index in [2.05, 4.69) is 21.2 Å². The summed E-state index contributed by atoms with van der Waals surface area (Å²) in [5.74, 6) is 0.638. The minimum atomic E-state index is -4.14. The summed E-state index contributed by atoms with van der Waals surface area (Å²) in [6, 6.07) is 4.99. The van der Waals surface area contributed by atoms with Gasteiger partial charge in [0.1, 0.15) is 5.75 Å². The van der Waals surface area contributed by atoms with Crippen molar-refractivity contribution in [2.75, 3.05) is 13.7 Å². The van der Waals surface area contributed by atoms with Crippen molar-refractivity contribution < 1.29 is 17.9 Å². The molecule has 1 aromatic rings. The lowest BCUT2D eigenvalue weighted by molar-refractivity contribution is -0.136. The van der Waals surface area contributed by atoms with Gasteiger partial charge in [-0.05, 0) is 43.1 Å². The van der Waals surface area contributed by atoms with Crippen LogP contribution in [0, 0.1) is 0 Å². The summed E-state index contributed by atoms with van der Waals surface area (Å²) in [5, 5.41) is 3.16. The zero-order valence-corrected chi connectivity index (χ0v) is 13.1. The molecule has 0 saturated carbocycles. The summed E-state index contributed by atoms with van der Waals surface area (Å²) in [6.07, 6.45) is -4.07. The van der Waals surface area contributed by atoms with Crippen LogP contribution in [-0.2, 0) is 0 Å². The number of benzene rings is 1. The lowest BCUT2D eigenvalue weighted by Gasteiger charge is -2.21. The standard InChI is InChI=1S/C14H19BrF3NO/c1-3-8-19-13(6-7-14(16,17)18)11-9-10(20-2)4-5-12(11)15/h4-5,9,13,19H,3,6-8H2,1-2H3. The number of rotatable bonds is 7. The smallest absolute Gasteiger partial charge is 0.389 e. The SMILES string of the molecule is CCCNC(CCC(F)(F)F)c1cc(OC)ccc1Br. The molecule has 1 aromatic carbocycles. The Bertz CT molecular complexity index is 423. The van der Waals surface area contributed by atoms with Crippen molar-refractivity contribution >= 4 is 15.9 Å². The summed E-state index contributed by atoms with van der Waals surface area (Å²) in [5.41, 5.74) is 0.794. The molecule has 0 aliphatic carbocycles. The zero-order valence-electron chi connectivity index (χ0n) is 11.6. The van der Waals surface area contributed by atoms with Gasteiger partial charge in [0.25, 0.3) is 0 Å². The highest BCUT2D eigenvalue weighted by atomic mass is 79.9. The summed E-state index contributed by atoms with van der Waals surface area (Å²) in [7, 11) is 1.54. The van der Waals surface area contributed by atoms with E-state index >= 15 is 0 Å². The van der Waals surface area contributed by atoms with Gasteiger partial charge in [0.2, 0.25) is 0 Å². The normalized spacial score (nSPS) is 13.3. The molecule has 2 nitrogen and oxygen atoms in total. The van der Waals surface area contributed by atoms with Crippen molar-refractivity contribution in [2.24, 2.45) is 0 Å². The van der Waals surface area contributed by atoms with E-state index in [1.54, 1.807) is 18.2 Å². The number of nitrogens with one attached hydrogen (secondary N) is 1. The maximum absolute atomic E-state index is 12.4. The molecular weight excluding hydrogens is 335 g/mol. The van der Waals surface area contributed by atoms with Gasteiger partial charge < -0.3 is 10.1 Å². The molecule has 0 heterocycles. The minimum Gasteiger partial charge on any atom is -0.497 e. The molecule has 0 radical (unpaired) electrons. The van der Waals surface area contributed by atoms with E-state index in [4.69, 9.17) is 4.74 Å². The van der Waals surface area contributed by atoms with Gasteiger partial charge in [-0.1, -0.05) is 22.9 Å². The van der Waals surface area contributed by atoms with Gasteiger partial charge in [0.05, 0.1) is 7.11 Å². The summed E-state index contributed by atoms with van der Waals surface area (Å²) >= 11 is 3.40. The molecule has 1 atom stereocenters. The summed E-state index contributed by atoms with van der Waals surface area (Å²) < 4.78 is 43.2. The number of methoxy groups -OCH3 is 1. The van der Waals surface area contributed by atoms with Crippen LogP contribution in [0.2, 0.25) is 0 Å². The molecule has 0 aromatic heterocycles. The van der Waals surface area contributed by atoms with Gasteiger partial charge in [-0.15, -0.1) is 0 Å². The average molecular weight is 354 g/mol. The Kier molecular flexibility index (Phi) is 6.82. The molecule has 20 heavy (non-hydrogen) atoms. The highest BCUT2D eigenvalue weighted by Gasteiger charge is 2.29. The van der Waals surface area contributed by atoms with Crippen LogP contribution >= 0.6 is 15.9 Å². The third kappa shape index (κ3) is 5.71. The first-order valence-corrected chi connectivity index (χ1v) is 7.30. The maximum atomic E-state index is 12.4. The molecule has 0 spiro atoms. The highest BCUT2D eigenvalue weighted by Crippen LogP contribution is 2.33. The van der Waals surface area contributed by atoms with Crippen molar-refractivity contribution in [3.05, 3.63) is 28.2 Å². The van der Waals surface area contributed by atoms with Crippen LogP contribution in [0.1, 0.15) is 37.8 Å². The Labute approximate surface area is 125 Å². The molecule has 0 bridgehead atoms. The van der Waals surface area contributed by atoms with Crippen molar-refractivity contribution in [1.82, 2.24) is 5.32 Å². The predicted molar refractivity (Wildman–Crippen MR) is 77.0 cm³/mol. The van der Waals surface area contributed by atoms with Crippen molar-refractivity contribution in [3.8, 4) is 5.75 Å². The first-order chi connectivity index (χ1) is 9.37. The zero-order chi connectivity index (χ0) is 15.2. The lowest BCUT2D eigenvalue weighted by atomic mass is 10.0. The van der Waals surface area contributed by atoms with Gasteiger partial charge in [-0.25, -0.2) is 0 Å². The van der Waals surface area contributed by atoms with Crippen LogP contribution in [0.5, 0.6) is 5.75 Å². The molecule has 1 rings (SSSR count). The number of hydrogen-bond donors (Lipinski definition) is 1. The van der Waals surface area contributed by atoms with E-state index in [1.807, 2.05) is 6.92 Å². The van der Waals surface area contributed by atoms with Crippen LogP contribution < -0.4 is 10.1 Å². The number of ether oxygens (including phenoxy) is 1. The number of hydrogen-bond acceptors (Lipinski definition) is 2. The third-order valence-corrected chi connectivity index (χ3v) is 3.66. The quantitative estimate of drug-likeness (QED) is 0.757. The molecule has 0 fully saturated rings. The lowest BCUT2D eigenvalue weighted by Crippen LogP contribution is -2.24. The van der Waals surface area contributed by atoms with Crippen molar-refractivity contribution in [3.63, 3.8) is 0 Å². The molecule has 0 saturated heterocycles. The summed E-state index contributed by atoms with van der Waals surface area (Å²) in [4.78, 5) is 0. The molecule has 0 aliphatic rings. The Hall–Kier alpha value is -0.750. The van der Waals surface area contributed by atoms with Gasteiger partial charge in [-0.2, -0.15) is 13.2 Å². The maximum Gasteiger partial charge on any atom is 0.389 e. The minimum absolute atomic E-state index is 0.00919. The predicted octanol–water partition coefficient (Wildman–Crippen LogP) is 4.84. The van der Waals surface area contributed by atoms with Gasteiger partial charge in [0.15, 0.2) is 0 Å². The summed E-state index contributed by atoms with van der Waals surface area (Å²) in [6.45, 7) is 2.65. The van der Waals surface area contributed by atoms with Crippen LogP contribution in [0.3, 0.4) is 0 Å². The Morgan fingerprint density at radius 3 is 2.60 bits per heavy atom. The molecule has 0 amide bonds. The molecule has 114 valence electrons. The second-order valence-electron chi connectivity index (χ2n) is 4.55. The third-order valence-electron chi connectivity index (χ3n) is 2.94. The average Bonchev–Trinajstić information content (AvgIpc) is 2.39. The molecule has 1 unspecified atom stereocenters. The number of halogens is 4. The van der Waals surface area contributed by atoms with Crippen LogP contribution in [0.4, 0.5) is 13.2 Å². The topological polar surface area (TPSA) is 21.3 Å². The van der Waals surface area contributed by atoms with E-state index < -0.39 is 12.6 Å². The fraction of sp³-hybridized carbons (Fsp3) is 0.571. The molecule has 0 aliphatic heterocycles. The van der Waals surface area contributed by atoms with Crippen LogP contribution in [-0.4, -0.2) is 19.8 Å². The van der Waals surface area contributed by atoms with E-state index in [-0.39, 0.29) is 12.5 Å².